The van der Waals surface area contributed by atoms with Crippen LogP contribution in [0.25, 0.3) is 11.3 Å². The van der Waals surface area contributed by atoms with Gasteiger partial charge in [0.15, 0.2) is 5.13 Å². The van der Waals surface area contributed by atoms with Crippen LogP contribution in [0.1, 0.15) is 4.88 Å². The van der Waals surface area contributed by atoms with Gasteiger partial charge in [0.1, 0.15) is 17.3 Å². The first-order chi connectivity index (χ1) is 16.0. The maximum Gasteiger partial charge on any atom is 0.308 e. The van der Waals surface area contributed by atoms with Gasteiger partial charge in [-0.15, -0.1) is 0 Å². The average molecular weight is 465 g/mol. The van der Waals surface area contributed by atoms with Gasteiger partial charge in [-0.2, -0.15) is 0 Å². The highest BCUT2D eigenvalue weighted by molar-refractivity contribution is 7.16. The van der Waals surface area contributed by atoms with Crippen molar-refractivity contribution in [1.29, 1.82) is 0 Å². The number of carbonyl (C=O) groups is 1. The molecule has 1 N–H and O–H groups in total. The Labute approximate surface area is 194 Å². The third-order valence-corrected chi connectivity index (χ3v) is 5.99. The predicted molar refractivity (Wildman–Crippen MR) is 127 cm³/mol. The number of thiazole rings is 1. The van der Waals surface area contributed by atoms with Gasteiger partial charge in [0.2, 0.25) is 0 Å². The maximum atomic E-state index is 13.9. The van der Waals surface area contributed by atoms with Crippen molar-refractivity contribution in [2.75, 3.05) is 19.1 Å². The first-order valence-electron chi connectivity index (χ1n) is 10.0. The van der Waals surface area contributed by atoms with Crippen molar-refractivity contribution in [3.05, 3.63) is 83.5 Å². The van der Waals surface area contributed by atoms with Gasteiger partial charge in [-0.1, -0.05) is 23.5 Å². The van der Waals surface area contributed by atoms with Gasteiger partial charge in [-0.3, -0.25) is 9.69 Å². The first-order valence-corrected chi connectivity index (χ1v) is 10.9. The van der Waals surface area contributed by atoms with Crippen LogP contribution in [0.5, 0.6) is 11.5 Å². The van der Waals surface area contributed by atoms with Gasteiger partial charge in [-0.05, 0) is 60.7 Å². The second kappa shape index (κ2) is 9.70. The summed E-state index contributed by atoms with van der Waals surface area (Å²) in [7, 11) is 3.20. The molecule has 0 amide bonds. The number of carboxylic acids is 1. The van der Waals surface area contributed by atoms with Crippen molar-refractivity contribution < 1.29 is 23.8 Å². The van der Waals surface area contributed by atoms with E-state index in [0.717, 1.165) is 11.4 Å². The number of hydrogen-bond donors (Lipinski definition) is 1. The molecule has 0 aliphatic rings. The molecule has 0 saturated heterocycles. The molecule has 1 heterocycles. The third-order valence-electron chi connectivity index (χ3n) is 4.95. The van der Waals surface area contributed by atoms with Crippen LogP contribution >= 0.6 is 11.3 Å². The minimum atomic E-state index is -0.983. The highest BCUT2D eigenvalue weighted by atomic mass is 32.1. The van der Waals surface area contributed by atoms with E-state index < -0.39 is 11.8 Å². The molecule has 8 heteroatoms. The summed E-state index contributed by atoms with van der Waals surface area (Å²) in [4.78, 5) is 18.8. The number of carboxylic acid groups (broad SMARTS) is 1. The van der Waals surface area contributed by atoms with Crippen LogP contribution in [0, 0.1) is 5.82 Å². The number of nitrogens with zero attached hydrogens (tertiary/aromatic N) is 2. The molecular weight excluding hydrogens is 443 g/mol. The normalized spacial score (nSPS) is 10.6. The lowest BCUT2D eigenvalue weighted by atomic mass is 10.1. The van der Waals surface area contributed by atoms with E-state index in [-0.39, 0.29) is 6.42 Å². The van der Waals surface area contributed by atoms with Crippen molar-refractivity contribution in [1.82, 2.24) is 4.98 Å². The largest absolute Gasteiger partial charge is 0.497 e. The van der Waals surface area contributed by atoms with Crippen LogP contribution in [-0.2, 0) is 11.2 Å². The zero-order valence-corrected chi connectivity index (χ0v) is 18.8. The lowest BCUT2D eigenvalue weighted by Crippen LogP contribution is -2.09. The zero-order valence-electron chi connectivity index (χ0n) is 18.0. The molecule has 0 unspecified atom stereocenters. The van der Waals surface area contributed by atoms with Crippen LogP contribution in [0.15, 0.2) is 72.8 Å². The fourth-order valence-electron chi connectivity index (χ4n) is 3.39. The fourth-order valence-corrected chi connectivity index (χ4v) is 4.50. The molecule has 168 valence electrons. The summed E-state index contributed by atoms with van der Waals surface area (Å²) in [6, 6.07) is 20.9. The fraction of sp³-hybridized carbons (Fsp3) is 0.120. The Bertz CT molecular complexity index is 1210. The number of anilines is 3. The Morgan fingerprint density at radius 2 is 1.55 bits per heavy atom. The van der Waals surface area contributed by atoms with E-state index in [2.05, 4.69) is 0 Å². The van der Waals surface area contributed by atoms with Crippen molar-refractivity contribution in [3.63, 3.8) is 0 Å². The van der Waals surface area contributed by atoms with Crippen LogP contribution in [0.4, 0.5) is 20.9 Å². The Morgan fingerprint density at radius 3 is 2.03 bits per heavy atom. The van der Waals surface area contributed by atoms with Crippen molar-refractivity contribution in [3.8, 4) is 22.8 Å². The molecule has 4 aromatic rings. The molecule has 3 aromatic carbocycles. The van der Waals surface area contributed by atoms with Gasteiger partial charge in [-0.25, -0.2) is 9.37 Å². The Kier molecular flexibility index (Phi) is 6.55. The van der Waals surface area contributed by atoms with Gasteiger partial charge in [0, 0.05) is 21.8 Å². The molecule has 0 fully saturated rings. The van der Waals surface area contributed by atoms with E-state index >= 15 is 0 Å². The number of halogens is 1. The Hall–Kier alpha value is -3.91. The molecule has 1 aromatic heterocycles. The van der Waals surface area contributed by atoms with Crippen LogP contribution < -0.4 is 14.4 Å². The number of benzene rings is 3. The summed E-state index contributed by atoms with van der Waals surface area (Å²) >= 11 is 1.26. The molecule has 0 aliphatic carbocycles. The van der Waals surface area contributed by atoms with Crippen molar-refractivity contribution in [2.45, 2.75) is 6.42 Å². The average Bonchev–Trinajstić information content (AvgIpc) is 3.22. The number of rotatable bonds is 8. The molecule has 33 heavy (non-hydrogen) atoms. The second-order valence-corrected chi connectivity index (χ2v) is 8.14. The molecule has 0 spiro atoms. The summed E-state index contributed by atoms with van der Waals surface area (Å²) < 4.78 is 24.5. The van der Waals surface area contributed by atoms with Gasteiger partial charge >= 0.3 is 5.97 Å². The Balaban J connectivity index is 1.87. The standard InChI is InChI=1S/C25H21FN2O4S/c1-31-20-10-6-18(7-11-20)28(19-8-12-21(32-2)13-9-19)25-27-24(22(33-25)15-23(29)30)16-4-3-5-17(26)14-16/h3-14H,15H2,1-2H3,(H,29,30). The van der Waals surface area contributed by atoms with Crippen LogP contribution in [-0.4, -0.2) is 30.3 Å². The van der Waals surface area contributed by atoms with Gasteiger partial charge in [0.05, 0.1) is 26.3 Å². The van der Waals surface area contributed by atoms with Crippen molar-refractivity contribution >= 4 is 33.8 Å². The summed E-state index contributed by atoms with van der Waals surface area (Å²) in [6.07, 6.45) is -0.220. The van der Waals surface area contributed by atoms with E-state index in [4.69, 9.17) is 14.5 Å². The minimum absolute atomic E-state index is 0.220. The summed E-state index contributed by atoms with van der Waals surface area (Å²) in [6.45, 7) is 0. The molecule has 0 atom stereocenters. The SMILES string of the molecule is COc1ccc(N(c2ccc(OC)cc2)c2nc(-c3cccc(F)c3)c(CC(=O)O)s2)cc1. The van der Waals surface area contributed by atoms with E-state index in [1.807, 2.05) is 53.4 Å². The van der Waals surface area contributed by atoms with Crippen LogP contribution in [0.2, 0.25) is 0 Å². The molecule has 4 rings (SSSR count). The first kappa shape index (κ1) is 22.3. The number of ether oxygens (including phenoxy) is 2. The topological polar surface area (TPSA) is 71.9 Å². The quantitative estimate of drug-likeness (QED) is 0.342. The van der Waals surface area contributed by atoms with Crippen molar-refractivity contribution in [2.24, 2.45) is 0 Å². The highest BCUT2D eigenvalue weighted by Crippen LogP contribution is 2.41. The lowest BCUT2D eigenvalue weighted by molar-refractivity contribution is -0.136. The monoisotopic (exact) mass is 464 g/mol. The number of aliphatic carboxylic acids is 1. The lowest BCUT2D eigenvalue weighted by Gasteiger charge is -2.22. The predicted octanol–water partition coefficient (Wildman–Crippen LogP) is 6.06. The van der Waals surface area contributed by atoms with Gasteiger partial charge in [0.25, 0.3) is 0 Å². The second-order valence-electron chi connectivity index (χ2n) is 7.08. The summed E-state index contributed by atoms with van der Waals surface area (Å²) in [5, 5.41) is 10.0. The smallest absolute Gasteiger partial charge is 0.308 e. The van der Waals surface area contributed by atoms with E-state index in [9.17, 15) is 14.3 Å². The molecule has 0 radical (unpaired) electrons. The van der Waals surface area contributed by atoms with E-state index in [1.165, 1.54) is 23.5 Å². The Morgan fingerprint density at radius 1 is 0.970 bits per heavy atom. The minimum Gasteiger partial charge on any atom is -0.497 e. The number of methoxy groups -OCH3 is 2. The molecule has 6 nitrogen and oxygen atoms in total. The summed E-state index contributed by atoms with van der Waals surface area (Å²) in [5.41, 5.74) is 2.59. The number of hydrogen-bond acceptors (Lipinski definition) is 6. The molecule has 0 bridgehead atoms. The third kappa shape index (κ3) is 4.96. The summed E-state index contributed by atoms with van der Waals surface area (Å²) in [5.74, 6) is 0.0213. The van der Waals surface area contributed by atoms with E-state index in [0.29, 0.717) is 32.8 Å². The highest BCUT2D eigenvalue weighted by Gasteiger charge is 2.22. The van der Waals surface area contributed by atoms with Crippen LogP contribution in [0.3, 0.4) is 0 Å². The number of aromatic nitrogens is 1. The zero-order chi connectivity index (χ0) is 23.4. The molecular formula is C25H21FN2O4S. The molecule has 0 aliphatic heterocycles. The molecule has 0 saturated carbocycles. The van der Waals surface area contributed by atoms with E-state index in [1.54, 1.807) is 26.4 Å². The van der Waals surface area contributed by atoms with Gasteiger partial charge < -0.3 is 14.6 Å². The maximum absolute atomic E-state index is 13.9.